The van der Waals surface area contributed by atoms with Crippen molar-refractivity contribution in [1.82, 2.24) is 0 Å². The highest BCUT2D eigenvalue weighted by Gasteiger charge is 2.43. The highest BCUT2D eigenvalue weighted by atomic mass is 16.6. The molecule has 0 aromatic heterocycles. The highest BCUT2D eigenvalue weighted by Crippen LogP contribution is 2.47. The van der Waals surface area contributed by atoms with Crippen LogP contribution in [0.1, 0.15) is 37.7 Å². The number of nitro benzene ring substituents is 1. The molecule has 176 valence electrons. The molecule has 0 unspecified atom stereocenters. The van der Waals surface area contributed by atoms with Crippen LogP contribution in [0.4, 0.5) is 11.4 Å². The zero-order chi connectivity index (χ0) is 24.4. The maximum atomic E-state index is 13.3. The largest absolute Gasteiger partial charge is 0.497 e. The summed E-state index contributed by atoms with van der Waals surface area (Å²) in [5.41, 5.74) is 8.83. The van der Waals surface area contributed by atoms with Crippen LogP contribution in [0.3, 0.4) is 0 Å². The van der Waals surface area contributed by atoms with E-state index in [-0.39, 0.29) is 29.5 Å². The van der Waals surface area contributed by atoms with Gasteiger partial charge in [-0.3, -0.25) is 19.8 Å². The summed E-state index contributed by atoms with van der Waals surface area (Å²) in [6.45, 7) is 1.82. The van der Waals surface area contributed by atoms with Crippen molar-refractivity contribution in [1.29, 1.82) is 0 Å². The molecule has 2 N–H and O–H groups in total. The van der Waals surface area contributed by atoms with E-state index in [1.807, 2.05) is 0 Å². The lowest BCUT2D eigenvalue weighted by atomic mass is 9.75. The first kappa shape index (κ1) is 23.0. The van der Waals surface area contributed by atoms with Crippen LogP contribution in [-0.2, 0) is 14.3 Å². The highest BCUT2D eigenvalue weighted by molar-refractivity contribution is 6.05. The van der Waals surface area contributed by atoms with Gasteiger partial charge in [0.15, 0.2) is 5.78 Å². The molecule has 34 heavy (non-hydrogen) atoms. The number of nitrogens with two attached hydrogens (primary N) is 1. The van der Waals surface area contributed by atoms with E-state index in [2.05, 4.69) is 0 Å². The number of benzene rings is 2. The van der Waals surface area contributed by atoms with Gasteiger partial charge in [0.25, 0.3) is 5.69 Å². The Hall–Kier alpha value is -4.14. The first-order chi connectivity index (χ1) is 16.4. The maximum Gasteiger partial charge on any atom is 0.338 e. The third-order valence-electron chi connectivity index (χ3n) is 6.04. The van der Waals surface area contributed by atoms with Crippen LogP contribution in [0.2, 0.25) is 0 Å². The van der Waals surface area contributed by atoms with E-state index in [4.69, 9.17) is 15.2 Å². The van der Waals surface area contributed by atoms with Gasteiger partial charge >= 0.3 is 5.97 Å². The molecule has 2 aromatic carbocycles. The third kappa shape index (κ3) is 4.00. The predicted octanol–water partition coefficient (Wildman–Crippen LogP) is 3.95. The number of allylic oxidation sites excluding steroid dienone is 2. The van der Waals surface area contributed by atoms with E-state index in [0.29, 0.717) is 47.5 Å². The molecule has 9 heteroatoms. The van der Waals surface area contributed by atoms with Crippen molar-refractivity contribution in [3.05, 3.63) is 86.9 Å². The number of nitro groups is 1. The van der Waals surface area contributed by atoms with E-state index >= 15 is 0 Å². The van der Waals surface area contributed by atoms with Crippen molar-refractivity contribution in [3.63, 3.8) is 0 Å². The summed E-state index contributed by atoms with van der Waals surface area (Å²) in [5.74, 6) is -0.722. The predicted molar refractivity (Wildman–Crippen MR) is 125 cm³/mol. The number of methoxy groups -OCH3 is 1. The zero-order valence-electron chi connectivity index (χ0n) is 18.9. The second-order valence-electron chi connectivity index (χ2n) is 7.98. The average molecular weight is 463 g/mol. The van der Waals surface area contributed by atoms with Crippen molar-refractivity contribution in [2.75, 3.05) is 18.6 Å². The summed E-state index contributed by atoms with van der Waals surface area (Å²) in [6, 6.07) is 13.1. The maximum absolute atomic E-state index is 13.3. The van der Waals surface area contributed by atoms with Gasteiger partial charge in [-0.2, -0.15) is 0 Å². The summed E-state index contributed by atoms with van der Waals surface area (Å²) in [6.07, 6.45) is 1.48. The van der Waals surface area contributed by atoms with E-state index in [9.17, 15) is 19.7 Å². The summed E-state index contributed by atoms with van der Waals surface area (Å²) < 4.78 is 10.6. The van der Waals surface area contributed by atoms with E-state index in [1.54, 1.807) is 55.3 Å². The Morgan fingerprint density at radius 3 is 2.59 bits per heavy atom. The zero-order valence-corrected chi connectivity index (χ0v) is 18.9. The van der Waals surface area contributed by atoms with Crippen LogP contribution in [-0.4, -0.2) is 30.4 Å². The van der Waals surface area contributed by atoms with Gasteiger partial charge < -0.3 is 15.2 Å². The molecule has 9 nitrogen and oxygen atoms in total. The van der Waals surface area contributed by atoms with Crippen LogP contribution < -0.4 is 15.4 Å². The average Bonchev–Trinajstić information content (AvgIpc) is 2.83. The standard InChI is InChI=1S/C25H25N3O6/c1-3-34-25(30)23-21(15-10-12-18(33-2)13-11-15)22-19(8-5-9-20(22)29)27(24(23)26)16-6-4-7-17(14-16)28(31)32/h4,6-7,10-14,21H,3,5,8-9,26H2,1-2H3/t21-/m0/s1. The smallest absolute Gasteiger partial charge is 0.338 e. The number of carbonyl (C=O) groups is 2. The molecule has 2 aliphatic rings. The number of hydrogen-bond acceptors (Lipinski definition) is 8. The number of rotatable bonds is 6. The Morgan fingerprint density at radius 2 is 1.94 bits per heavy atom. The number of ketones is 1. The van der Waals surface area contributed by atoms with Crippen LogP contribution in [0.15, 0.2) is 71.2 Å². The SMILES string of the molecule is CCOC(=O)C1=C(N)N(c2cccc([N+](=O)[O-])c2)C2=C(C(=O)CCC2)[C@@H]1c1ccc(OC)cc1. The topological polar surface area (TPSA) is 125 Å². The number of carbonyl (C=O) groups excluding carboxylic acids is 2. The Bertz CT molecular complexity index is 1220. The molecular formula is C25H25N3O6. The summed E-state index contributed by atoms with van der Waals surface area (Å²) in [5, 5.41) is 11.4. The van der Waals surface area contributed by atoms with Crippen molar-refractivity contribution in [2.45, 2.75) is 32.1 Å². The lowest BCUT2D eigenvalue weighted by molar-refractivity contribution is -0.384. The lowest BCUT2D eigenvalue weighted by Gasteiger charge is -2.40. The van der Waals surface area contributed by atoms with Crippen LogP contribution in [0.25, 0.3) is 0 Å². The fourth-order valence-electron chi connectivity index (χ4n) is 4.57. The van der Waals surface area contributed by atoms with Gasteiger partial charge in [-0.15, -0.1) is 0 Å². The van der Waals surface area contributed by atoms with Crippen LogP contribution in [0.5, 0.6) is 5.75 Å². The normalized spacial score (nSPS) is 18.0. The molecule has 1 aliphatic carbocycles. The van der Waals surface area contributed by atoms with Crippen LogP contribution in [0, 0.1) is 10.1 Å². The minimum atomic E-state index is -0.720. The molecule has 0 radical (unpaired) electrons. The van der Waals surface area contributed by atoms with Crippen molar-refractivity contribution < 1.29 is 24.0 Å². The van der Waals surface area contributed by atoms with Gasteiger partial charge in [0.2, 0.25) is 0 Å². The molecule has 0 fully saturated rings. The summed E-state index contributed by atoms with van der Waals surface area (Å²) >= 11 is 0. The summed E-state index contributed by atoms with van der Waals surface area (Å²) in [4.78, 5) is 39.0. The van der Waals surface area contributed by atoms with Gasteiger partial charge in [-0.25, -0.2) is 4.79 Å². The molecule has 2 aromatic rings. The van der Waals surface area contributed by atoms with Gasteiger partial charge in [0.05, 0.1) is 35.8 Å². The van der Waals surface area contributed by atoms with E-state index < -0.39 is 16.8 Å². The molecule has 0 amide bonds. The number of Topliss-reactive ketones (excluding diaryl/α,β-unsaturated/α-hetero) is 1. The Labute approximate surface area is 196 Å². The second-order valence-corrected chi connectivity index (χ2v) is 7.98. The minimum absolute atomic E-state index is 0.0909. The van der Waals surface area contributed by atoms with Crippen molar-refractivity contribution in [2.24, 2.45) is 5.73 Å². The van der Waals surface area contributed by atoms with Crippen molar-refractivity contribution in [3.8, 4) is 5.75 Å². The fraction of sp³-hybridized carbons (Fsp3) is 0.280. The quantitative estimate of drug-likeness (QED) is 0.388. The second kappa shape index (κ2) is 9.38. The molecule has 0 saturated heterocycles. The lowest BCUT2D eigenvalue weighted by Crippen LogP contribution is -2.41. The Kier molecular flexibility index (Phi) is 6.36. The number of hydrogen-bond donors (Lipinski definition) is 1. The minimum Gasteiger partial charge on any atom is -0.497 e. The number of nitrogens with zero attached hydrogens (tertiary/aromatic N) is 2. The molecule has 0 spiro atoms. The summed E-state index contributed by atoms with van der Waals surface area (Å²) in [7, 11) is 1.56. The van der Waals surface area contributed by atoms with Crippen LogP contribution >= 0.6 is 0 Å². The van der Waals surface area contributed by atoms with Gasteiger partial charge in [-0.05, 0) is 43.5 Å². The van der Waals surface area contributed by atoms with E-state index in [0.717, 1.165) is 0 Å². The molecule has 0 bridgehead atoms. The number of non-ortho nitro benzene ring substituents is 1. The van der Waals surface area contributed by atoms with Crippen molar-refractivity contribution >= 4 is 23.1 Å². The molecule has 1 atom stereocenters. The first-order valence-corrected chi connectivity index (χ1v) is 11.0. The third-order valence-corrected chi connectivity index (χ3v) is 6.04. The monoisotopic (exact) mass is 463 g/mol. The molecule has 4 rings (SSSR count). The Morgan fingerprint density at radius 1 is 1.21 bits per heavy atom. The number of esters is 1. The van der Waals surface area contributed by atoms with Gasteiger partial charge in [-0.1, -0.05) is 18.2 Å². The molecule has 1 aliphatic heterocycles. The Balaban J connectivity index is 1.97. The fourth-order valence-corrected chi connectivity index (χ4v) is 4.57. The van der Waals surface area contributed by atoms with Gasteiger partial charge in [0.1, 0.15) is 11.6 Å². The molecule has 1 heterocycles. The van der Waals surface area contributed by atoms with Gasteiger partial charge in [0, 0.05) is 29.8 Å². The molecule has 0 saturated carbocycles. The van der Waals surface area contributed by atoms with E-state index in [1.165, 1.54) is 12.1 Å². The first-order valence-electron chi connectivity index (χ1n) is 11.0. The molecular weight excluding hydrogens is 438 g/mol. The number of ether oxygens (including phenoxy) is 2. The number of anilines is 1.